The topological polar surface area (TPSA) is 49.8 Å². The van der Waals surface area contributed by atoms with Crippen LogP contribution in [0.15, 0.2) is 24.3 Å². The van der Waals surface area contributed by atoms with E-state index in [1.165, 1.54) is 0 Å². The number of carbonyl (C=O) groups excluding carboxylic acids is 1. The van der Waals surface area contributed by atoms with Crippen molar-refractivity contribution in [3.63, 3.8) is 0 Å². The SMILES string of the molecule is CCc1ccccc1OCC(=O)N1CCC(C)(O)C1. The Hall–Kier alpha value is -1.55. The molecule has 1 aromatic carbocycles. The molecule has 0 radical (unpaired) electrons. The highest BCUT2D eigenvalue weighted by Crippen LogP contribution is 2.21. The monoisotopic (exact) mass is 263 g/mol. The maximum Gasteiger partial charge on any atom is 0.260 e. The van der Waals surface area contributed by atoms with Gasteiger partial charge in [-0.3, -0.25) is 4.79 Å². The number of benzene rings is 1. The summed E-state index contributed by atoms with van der Waals surface area (Å²) in [7, 11) is 0. The van der Waals surface area contributed by atoms with Crippen molar-refractivity contribution >= 4 is 5.91 Å². The summed E-state index contributed by atoms with van der Waals surface area (Å²) >= 11 is 0. The van der Waals surface area contributed by atoms with Crippen LogP contribution in [0.3, 0.4) is 0 Å². The first-order valence-corrected chi connectivity index (χ1v) is 6.73. The molecule has 1 aromatic rings. The molecule has 0 aromatic heterocycles. The number of para-hydroxylation sites is 1. The Morgan fingerprint density at radius 1 is 1.47 bits per heavy atom. The zero-order chi connectivity index (χ0) is 13.9. The van der Waals surface area contributed by atoms with E-state index in [2.05, 4.69) is 6.92 Å². The molecule has 2 rings (SSSR count). The lowest BCUT2D eigenvalue weighted by molar-refractivity contribution is -0.133. The van der Waals surface area contributed by atoms with E-state index < -0.39 is 5.60 Å². The molecule has 19 heavy (non-hydrogen) atoms. The minimum Gasteiger partial charge on any atom is -0.483 e. The van der Waals surface area contributed by atoms with Crippen LogP contribution in [0.2, 0.25) is 0 Å². The van der Waals surface area contributed by atoms with Gasteiger partial charge in [-0.15, -0.1) is 0 Å². The van der Waals surface area contributed by atoms with Crippen molar-refractivity contribution in [2.75, 3.05) is 19.7 Å². The van der Waals surface area contributed by atoms with Gasteiger partial charge in [0.25, 0.3) is 5.91 Å². The lowest BCUT2D eigenvalue weighted by Crippen LogP contribution is -2.36. The van der Waals surface area contributed by atoms with Gasteiger partial charge in [-0.05, 0) is 31.4 Å². The third-order valence-corrected chi connectivity index (χ3v) is 3.51. The molecule has 1 fully saturated rings. The number of likely N-dealkylation sites (tertiary alicyclic amines) is 1. The molecule has 4 heteroatoms. The van der Waals surface area contributed by atoms with E-state index >= 15 is 0 Å². The van der Waals surface area contributed by atoms with Gasteiger partial charge in [0.1, 0.15) is 5.75 Å². The van der Waals surface area contributed by atoms with Crippen molar-refractivity contribution in [3.8, 4) is 5.75 Å². The van der Waals surface area contributed by atoms with E-state index in [0.29, 0.717) is 19.5 Å². The fourth-order valence-electron chi connectivity index (χ4n) is 2.33. The van der Waals surface area contributed by atoms with Gasteiger partial charge in [0.15, 0.2) is 6.61 Å². The summed E-state index contributed by atoms with van der Waals surface area (Å²) in [5.41, 5.74) is 0.348. The smallest absolute Gasteiger partial charge is 0.260 e. The van der Waals surface area contributed by atoms with Crippen molar-refractivity contribution in [3.05, 3.63) is 29.8 Å². The van der Waals surface area contributed by atoms with Crippen LogP contribution in [-0.2, 0) is 11.2 Å². The lowest BCUT2D eigenvalue weighted by Gasteiger charge is -2.19. The van der Waals surface area contributed by atoms with Crippen LogP contribution in [0.5, 0.6) is 5.75 Å². The van der Waals surface area contributed by atoms with Gasteiger partial charge in [-0.25, -0.2) is 0 Å². The third kappa shape index (κ3) is 3.47. The van der Waals surface area contributed by atoms with Gasteiger partial charge in [0.05, 0.1) is 5.60 Å². The van der Waals surface area contributed by atoms with Crippen LogP contribution in [-0.4, -0.2) is 41.2 Å². The average Bonchev–Trinajstić information content (AvgIpc) is 2.76. The summed E-state index contributed by atoms with van der Waals surface area (Å²) < 4.78 is 5.60. The highest BCUT2D eigenvalue weighted by molar-refractivity contribution is 5.78. The van der Waals surface area contributed by atoms with E-state index in [4.69, 9.17) is 4.74 Å². The number of rotatable bonds is 4. The maximum absolute atomic E-state index is 12.0. The van der Waals surface area contributed by atoms with Gasteiger partial charge in [0, 0.05) is 13.1 Å². The zero-order valence-corrected chi connectivity index (χ0v) is 11.6. The summed E-state index contributed by atoms with van der Waals surface area (Å²) in [6, 6.07) is 7.75. The predicted octanol–water partition coefficient (Wildman–Crippen LogP) is 1.61. The van der Waals surface area contributed by atoms with Gasteiger partial charge in [-0.1, -0.05) is 25.1 Å². The summed E-state index contributed by atoms with van der Waals surface area (Å²) in [6.45, 7) is 4.84. The Labute approximate surface area is 114 Å². The largest absolute Gasteiger partial charge is 0.483 e. The molecule has 0 spiro atoms. The van der Waals surface area contributed by atoms with E-state index in [1.807, 2.05) is 24.3 Å². The second-order valence-corrected chi connectivity index (χ2v) is 5.31. The molecular weight excluding hydrogens is 242 g/mol. The molecule has 4 nitrogen and oxygen atoms in total. The minimum atomic E-state index is -0.753. The van der Waals surface area contributed by atoms with Crippen LogP contribution in [0.1, 0.15) is 25.8 Å². The van der Waals surface area contributed by atoms with Crippen LogP contribution >= 0.6 is 0 Å². The van der Waals surface area contributed by atoms with Gasteiger partial charge < -0.3 is 14.7 Å². The standard InChI is InChI=1S/C15H21NO3/c1-3-12-6-4-5-7-13(12)19-10-14(17)16-9-8-15(2,18)11-16/h4-7,18H,3,8-11H2,1-2H3. The Morgan fingerprint density at radius 2 is 2.21 bits per heavy atom. The number of carbonyl (C=O) groups is 1. The quantitative estimate of drug-likeness (QED) is 0.898. The Balaban J connectivity index is 1.90. The Bertz CT molecular complexity index is 456. The molecule has 1 aliphatic rings. The number of β-amino-alcohol motifs (C(OH)–C–C–N with tert-alkyl or cyclic N) is 1. The highest BCUT2D eigenvalue weighted by Gasteiger charge is 2.33. The Morgan fingerprint density at radius 3 is 2.84 bits per heavy atom. The van der Waals surface area contributed by atoms with Crippen molar-refractivity contribution < 1.29 is 14.6 Å². The molecular formula is C15H21NO3. The number of amides is 1. The summed E-state index contributed by atoms with van der Waals surface area (Å²) in [6.07, 6.45) is 1.51. The predicted molar refractivity (Wildman–Crippen MR) is 73.1 cm³/mol. The molecule has 1 saturated heterocycles. The van der Waals surface area contributed by atoms with E-state index in [9.17, 15) is 9.90 Å². The van der Waals surface area contributed by atoms with Crippen LogP contribution in [0.4, 0.5) is 0 Å². The highest BCUT2D eigenvalue weighted by atomic mass is 16.5. The fraction of sp³-hybridized carbons (Fsp3) is 0.533. The molecule has 104 valence electrons. The average molecular weight is 263 g/mol. The molecule has 1 heterocycles. The number of aryl methyl sites for hydroxylation is 1. The summed E-state index contributed by atoms with van der Waals surface area (Å²) in [5.74, 6) is 0.702. The molecule has 1 aliphatic heterocycles. The first-order valence-electron chi connectivity index (χ1n) is 6.73. The number of hydrogen-bond acceptors (Lipinski definition) is 3. The van der Waals surface area contributed by atoms with Crippen molar-refractivity contribution in [2.24, 2.45) is 0 Å². The fourth-order valence-corrected chi connectivity index (χ4v) is 2.33. The third-order valence-electron chi connectivity index (χ3n) is 3.51. The van der Waals surface area contributed by atoms with Crippen molar-refractivity contribution in [1.29, 1.82) is 0 Å². The Kier molecular flexibility index (Phi) is 4.10. The molecule has 1 unspecified atom stereocenters. The van der Waals surface area contributed by atoms with Gasteiger partial charge >= 0.3 is 0 Å². The molecule has 0 aliphatic carbocycles. The zero-order valence-electron chi connectivity index (χ0n) is 11.6. The van der Waals surface area contributed by atoms with Crippen LogP contribution in [0, 0.1) is 0 Å². The van der Waals surface area contributed by atoms with E-state index in [-0.39, 0.29) is 12.5 Å². The second kappa shape index (κ2) is 5.61. The first kappa shape index (κ1) is 13.9. The minimum absolute atomic E-state index is 0.0348. The summed E-state index contributed by atoms with van der Waals surface area (Å²) in [4.78, 5) is 13.7. The first-order chi connectivity index (χ1) is 9.02. The number of hydrogen-bond donors (Lipinski definition) is 1. The second-order valence-electron chi connectivity index (χ2n) is 5.31. The normalized spacial score (nSPS) is 22.6. The van der Waals surface area contributed by atoms with Gasteiger partial charge in [0.2, 0.25) is 0 Å². The van der Waals surface area contributed by atoms with Crippen molar-refractivity contribution in [1.82, 2.24) is 4.90 Å². The number of ether oxygens (including phenoxy) is 1. The number of nitrogens with zero attached hydrogens (tertiary/aromatic N) is 1. The van der Waals surface area contributed by atoms with Crippen molar-refractivity contribution in [2.45, 2.75) is 32.3 Å². The van der Waals surface area contributed by atoms with Crippen LogP contribution < -0.4 is 4.74 Å². The van der Waals surface area contributed by atoms with E-state index in [0.717, 1.165) is 17.7 Å². The maximum atomic E-state index is 12.0. The van der Waals surface area contributed by atoms with Gasteiger partial charge in [-0.2, -0.15) is 0 Å². The van der Waals surface area contributed by atoms with Crippen LogP contribution in [0.25, 0.3) is 0 Å². The molecule has 1 amide bonds. The van der Waals surface area contributed by atoms with E-state index in [1.54, 1.807) is 11.8 Å². The number of aliphatic hydroxyl groups is 1. The molecule has 1 N–H and O–H groups in total. The molecule has 0 saturated carbocycles. The lowest BCUT2D eigenvalue weighted by atomic mass is 10.1. The molecule has 0 bridgehead atoms. The summed E-state index contributed by atoms with van der Waals surface area (Å²) in [5, 5.41) is 9.85. The molecule has 1 atom stereocenters.